The fourth-order valence-corrected chi connectivity index (χ4v) is 1.66. The molecule has 0 atom stereocenters. The number of carbonyl (C=O) groups is 1. The highest BCUT2D eigenvalue weighted by Crippen LogP contribution is 2.29. The van der Waals surface area contributed by atoms with Gasteiger partial charge >= 0.3 is 5.97 Å². The largest absolute Gasteiger partial charge is 0.480 e. The lowest BCUT2D eigenvalue weighted by Crippen LogP contribution is -2.33. The van der Waals surface area contributed by atoms with Crippen LogP contribution in [0.15, 0.2) is 18.2 Å². The first-order valence-electron chi connectivity index (χ1n) is 5.63. The fourth-order valence-electron chi connectivity index (χ4n) is 1.66. The van der Waals surface area contributed by atoms with E-state index in [9.17, 15) is 14.9 Å². The maximum atomic E-state index is 11.0. The van der Waals surface area contributed by atoms with Crippen molar-refractivity contribution in [2.75, 3.05) is 31.7 Å². The van der Waals surface area contributed by atoms with E-state index in [0.29, 0.717) is 0 Å². The van der Waals surface area contributed by atoms with Crippen molar-refractivity contribution >= 4 is 17.3 Å². The van der Waals surface area contributed by atoms with Crippen LogP contribution in [0.2, 0.25) is 0 Å². The number of carboxylic acids is 1. The Morgan fingerprint density at radius 2 is 2.30 bits per heavy atom. The molecule has 0 unspecified atom stereocenters. The molecule has 8 nitrogen and oxygen atoms in total. The standard InChI is InChI=1S/C12H13N3O5/c1-20-5-4-14(8-12(16)17)10-3-2-9(7-13)6-11(10)15(18)19/h2-3,6H,4-5,8H2,1H3,(H,16,17). The Morgan fingerprint density at radius 3 is 2.80 bits per heavy atom. The normalized spacial score (nSPS) is 9.80. The van der Waals surface area contributed by atoms with Crippen molar-refractivity contribution in [2.24, 2.45) is 0 Å². The van der Waals surface area contributed by atoms with E-state index in [1.165, 1.54) is 24.1 Å². The Hall–Kier alpha value is -2.66. The summed E-state index contributed by atoms with van der Waals surface area (Å²) < 4.78 is 4.86. The minimum atomic E-state index is -1.11. The monoisotopic (exact) mass is 279 g/mol. The molecule has 0 radical (unpaired) electrons. The van der Waals surface area contributed by atoms with Crippen LogP contribution >= 0.6 is 0 Å². The van der Waals surface area contributed by atoms with E-state index in [4.69, 9.17) is 15.1 Å². The van der Waals surface area contributed by atoms with Crippen LogP contribution in [0, 0.1) is 21.4 Å². The molecule has 0 saturated carbocycles. The lowest BCUT2D eigenvalue weighted by atomic mass is 10.1. The highest BCUT2D eigenvalue weighted by atomic mass is 16.6. The van der Waals surface area contributed by atoms with E-state index in [2.05, 4.69) is 0 Å². The van der Waals surface area contributed by atoms with Crippen LogP contribution in [0.5, 0.6) is 0 Å². The van der Waals surface area contributed by atoms with E-state index in [1.807, 2.05) is 6.07 Å². The summed E-state index contributed by atoms with van der Waals surface area (Å²) >= 11 is 0. The summed E-state index contributed by atoms with van der Waals surface area (Å²) in [4.78, 5) is 22.6. The molecule has 0 aromatic heterocycles. The predicted molar refractivity (Wildman–Crippen MR) is 69.5 cm³/mol. The van der Waals surface area contributed by atoms with Gasteiger partial charge in [0.25, 0.3) is 5.69 Å². The number of carboxylic acid groups (broad SMARTS) is 1. The van der Waals surface area contributed by atoms with Crippen LogP contribution in [0.4, 0.5) is 11.4 Å². The van der Waals surface area contributed by atoms with Gasteiger partial charge < -0.3 is 14.7 Å². The molecule has 0 aliphatic carbocycles. The molecule has 1 aromatic carbocycles. The van der Waals surface area contributed by atoms with E-state index in [-0.39, 0.29) is 30.1 Å². The minimum absolute atomic E-state index is 0.141. The quantitative estimate of drug-likeness (QED) is 0.584. The van der Waals surface area contributed by atoms with Gasteiger partial charge in [0, 0.05) is 19.7 Å². The van der Waals surface area contributed by atoms with Crippen LogP contribution in [0.3, 0.4) is 0 Å². The van der Waals surface area contributed by atoms with Crippen molar-refractivity contribution in [2.45, 2.75) is 0 Å². The maximum absolute atomic E-state index is 11.0. The molecule has 0 saturated heterocycles. The molecule has 0 heterocycles. The number of nitro benzene ring substituents is 1. The number of methoxy groups -OCH3 is 1. The van der Waals surface area contributed by atoms with Crippen molar-refractivity contribution in [3.63, 3.8) is 0 Å². The fraction of sp³-hybridized carbons (Fsp3) is 0.333. The lowest BCUT2D eigenvalue weighted by molar-refractivity contribution is -0.384. The third-order valence-corrected chi connectivity index (χ3v) is 2.53. The molecule has 0 bridgehead atoms. The molecule has 1 N–H and O–H groups in total. The molecule has 8 heteroatoms. The zero-order chi connectivity index (χ0) is 15.1. The third-order valence-electron chi connectivity index (χ3n) is 2.53. The SMILES string of the molecule is COCCN(CC(=O)O)c1ccc(C#N)cc1[N+](=O)[O-]. The maximum Gasteiger partial charge on any atom is 0.323 e. The lowest BCUT2D eigenvalue weighted by Gasteiger charge is -2.22. The summed E-state index contributed by atoms with van der Waals surface area (Å²) in [6, 6.07) is 5.71. The van der Waals surface area contributed by atoms with Crippen molar-refractivity contribution in [1.29, 1.82) is 5.26 Å². The van der Waals surface area contributed by atoms with Crippen molar-refractivity contribution < 1.29 is 19.6 Å². The smallest absolute Gasteiger partial charge is 0.323 e. The zero-order valence-corrected chi connectivity index (χ0v) is 10.8. The first-order chi connectivity index (χ1) is 9.49. The molecule has 0 fully saturated rings. The average molecular weight is 279 g/mol. The number of nitriles is 1. The van der Waals surface area contributed by atoms with Gasteiger partial charge in [-0.05, 0) is 12.1 Å². The van der Waals surface area contributed by atoms with E-state index in [0.717, 1.165) is 6.07 Å². The summed E-state index contributed by atoms with van der Waals surface area (Å²) in [5.74, 6) is -1.11. The highest BCUT2D eigenvalue weighted by molar-refractivity contribution is 5.76. The van der Waals surface area contributed by atoms with Crippen molar-refractivity contribution in [3.8, 4) is 6.07 Å². The number of aliphatic carboxylic acids is 1. The van der Waals surface area contributed by atoms with E-state index < -0.39 is 17.4 Å². The molecule has 0 aliphatic heterocycles. The molecular weight excluding hydrogens is 266 g/mol. The van der Waals surface area contributed by atoms with E-state index in [1.54, 1.807) is 0 Å². The summed E-state index contributed by atoms with van der Waals surface area (Å²) in [6.45, 7) is 0.0239. The molecule has 1 aromatic rings. The van der Waals surface area contributed by atoms with Gasteiger partial charge in [-0.1, -0.05) is 0 Å². The van der Waals surface area contributed by atoms with Crippen LogP contribution in [0.25, 0.3) is 0 Å². The number of anilines is 1. The second-order valence-corrected chi connectivity index (χ2v) is 3.88. The molecule has 0 amide bonds. The van der Waals surface area contributed by atoms with Crippen LogP contribution in [0.1, 0.15) is 5.56 Å². The number of hydrogen-bond donors (Lipinski definition) is 1. The topological polar surface area (TPSA) is 117 Å². The first-order valence-corrected chi connectivity index (χ1v) is 5.63. The van der Waals surface area contributed by atoms with Crippen LogP contribution in [-0.4, -0.2) is 42.8 Å². The zero-order valence-electron chi connectivity index (χ0n) is 10.8. The van der Waals surface area contributed by atoms with Crippen LogP contribution < -0.4 is 4.90 Å². The third kappa shape index (κ3) is 3.93. The average Bonchev–Trinajstić information content (AvgIpc) is 2.42. The number of nitrogens with zero attached hydrogens (tertiary/aromatic N) is 3. The minimum Gasteiger partial charge on any atom is -0.480 e. The Labute approximate surface area is 114 Å². The van der Waals surface area contributed by atoms with Gasteiger partial charge in [0.1, 0.15) is 12.2 Å². The Balaban J connectivity index is 3.20. The second kappa shape index (κ2) is 7.06. The van der Waals surface area contributed by atoms with Gasteiger partial charge in [0.2, 0.25) is 0 Å². The Kier molecular flexibility index (Phi) is 5.43. The summed E-state index contributed by atoms with van der Waals surface area (Å²) in [5, 5.41) is 28.7. The molecule has 20 heavy (non-hydrogen) atoms. The molecule has 1 rings (SSSR count). The number of ether oxygens (including phenoxy) is 1. The highest BCUT2D eigenvalue weighted by Gasteiger charge is 2.21. The molecule has 0 aliphatic rings. The van der Waals surface area contributed by atoms with Gasteiger partial charge in [-0.25, -0.2) is 0 Å². The summed E-state index contributed by atoms with van der Waals surface area (Å²) in [7, 11) is 1.45. The van der Waals surface area contributed by atoms with Crippen molar-refractivity contribution in [3.05, 3.63) is 33.9 Å². The molecule has 0 spiro atoms. The number of benzene rings is 1. The van der Waals surface area contributed by atoms with Gasteiger partial charge in [0.05, 0.1) is 23.2 Å². The second-order valence-electron chi connectivity index (χ2n) is 3.88. The number of rotatable bonds is 7. The summed E-state index contributed by atoms with van der Waals surface area (Å²) in [5.41, 5.74) is -0.0164. The van der Waals surface area contributed by atoms with Gasteiger partial charge in [-0.2, -0.15) is 5.26 Å². The summed E-state index contributed by atoms with van der Waals surface area (Å²) in [6.07, 6.45) is 0. The van der Waals surface area contributed by atoms with Crippen molar-refractivity contribution in [1.82, 2.24) is 0 Å². The van der Waals surface area contributed by atoms with Gasteiger partial charge in [-0.15, -0.1) is 0 Å². The number of hydrogen-bond acceptors (Lipinski definition) is 6. The Bertz CT molecular complexity index is 553. The van der Waals surface area contributed by atoms with E-state index >= 15 is 0 Å². The van der Waals surface area contributed by atoms with Crippen LogP contribution in [-0.2, 0) is 9.53 Å². The number of nitro groups is 1. The predicted octanol–water partition coefficient (Wildman–Crippen LogP) is 1.00. The first kappa shape index (κ1) is 15.4. The van der Waals surface area contributed by atoms with Gasteiger partial charge in [-0.3, -0.25) is 14.9 Å². The Morgan fingerprint density at radius 1 is 1.60 bits per heavy atom. The molecular formula is C12H13N3O5. The van der Waals surface area contributed by atoms with Gasteiger partial charge in [0.15, 0.2) is 0 Å². The molecule has 106 valence electrons.